The molecule has 1 N–H and O–H groups in total. The molecule has 5 heteroatoms. The first-order chi connectivity index (χ1) is 14.3. The predicted octanol–water partition coefficient (Wildman–Crippen LogP) is 3.47. The molecule has 1 fully saturated rings. The van der Waals surface area contributed by atoms with Crippen molar-refractivity contribution in [2.75, 3.05) is 51.2 Å². The zero-order chi connectivity index (χ0) is 19.9. The maximum Gasteiger partial charge on any atom is 0.238 e. The number of ether oxygens (including phenoxy) is 1. The first-order valence-corrected chi connectivity index (χ1v) is 10.2. The second-order valence-electron chi connectivity index (χ2n) is 7.35. The van der Waals surface area contributed by atoms with Crippen molar-refractivity contribution in [3.63, 3.8) is 0 Å². The third-order valence-electron chi connectivity index (χ3n) is 5.32. The number of amides is 1. The van der Waals surface area contributed by atoms with E-state index in [4.69, 9.17) is 4.74 Å². The molecule has 1 amide bonds. The number of hydrogen-bond acceptors (Lipinski definition) is 4. The van der Waals surface area contributed by atoms with E-state index < -0.39 is 0 Å². The van der Waals surface area contributed by atoms with Gasteiger partial charge in [0, 0.05) is 43.8 Å². The summed E-state index contributed by atoms with van der Waals surface area (Å²) < 4.78 is 5.78. The Morgan fingerprint density at radius 1 is 0.828 bits per heavy atom. The minimum absolute atomic E-state index is 0.0437. The van der Waals surface area contributed by atoms with Crippen LogP contribution in [0.25, 0.3) is 10.8 Å². The van der Waals surface area contributed by atoms with Gasteiger partial charge < -0.3 is 10.1 Å². The molecule has 0 atom stereocenters. The van der Waals surface area contributed by atoms with Gasteiger partial charge >= 0.3 is 0 Å². The molecule has 3 aromatic rings. The number of carbonyl (C=O) groups is 1. The van der Waals surface area contributed by atoms with Crippen LogP contribution in [-0.2, 0) is 4.79 Å². The van der Waals surface area contributed by atoms with E-state index in [1.807, 2.05) is 60.7 Å². The fourth-order valence-corrected chi connectivity index (χ4v) is 3.71. The van der Waals surface area contributed by atoms with Gasteiger partial charge in [0.15, 0.2) is 0 Å². The normalized spacial score (nSPS) is 15.3. The first kappa shape index (κ1) is 19.4. The van der Waals surface area contributed by atoms with Crippen molar-refractivity contribution in [1.29, 1.82) is 0 Å². The number of anilines is 1. The molecule has 0 unspecified atom stereocenters. The Hall–Kier alpha value is -2.89. The Kier molecular flexibility index (Phi) is 6.39. The molecule has 1 heterocycles. The summed E-state index contributed by atoms with van der Waals surface area (Å²) in [7, 11) is 0. The molecule has 1 saturated heterocycles. The molecule has 0 radical (unpaired) electrons. The molecule has 5 nitrogen and oxygen atoms in total. The lowest BCUT2D eigenvalue weighted by atomic mass is 10.1. The van der Waals surface area contributed by atoms with Crippen LogP contribution >= 0.6 is 0 Å². The number of carbonyl (C=O) groups excluding carboxylic acids is 1. The summed E-state index contributed by atoms with van der Waals surface area (Å²) in [5.41, 5.74) is 0.879. The maximum atomic E-state index is 12.5. The molecule has 3 aromatic carbocycles. The van der Waals surface area contributed by atoms with Gasteiger partial charge in [0.25, 0.3) is 0 Å². The third kappa shape index (κ3) is 5.34. The van der Waals surface area contributed by atoms with E-state index in [1.54, 1.807) is 0 Å². The molecule has 0 aliphatic carbocycles. The Bertz CT molecular complexity index is 932. The Morgan fingerprint density at radius 2 is 1.52 bits per heavy atom. The molecule has 29 heavy (non-hydrogen) atoms. The Morgan fingerprint density at radius 3 is 2.34 bits per heavy atom. The first-order valence-electron chi connectivity index (χ1n) is 10.2. The molecule has 0 aromatic heterocycles. The van der Waals surface area contributed by atoms with E-state index in [0.717, 1.165) is 54.9 Å². The fourth-order valence-electron chi connectivity index (χ4n) is 3.71. The second-order valence-corrected chi connectivity index (χ2v) is 7.35. The number of piperazine rings is 1. The number of benzene rings is 3. The summed E-state index contributed by atoms with van der Waals surface area (Å²) in [4.78, 5) is 17.2. The number of para-hydroxylation sites is 1. The summed E-state index contributed by atoms with van der Waals surface area (Å²) in [6.07, 6.45) is 0. The van der Waals surface area contributed by atoms with Crippen LogP contribution in [0.4, 0.5) is 5.69 Å². The van der Waals surface area contributed by atoms with Gasteiger partial charge in [0.1, 0.15) is 12.4 Å². The van der Waals surface area contributed by atoms with E-state index in [0.29, 0.717) is 13.2 Å². The van der Waals surface area contributed by atoms with Crippen LogP contribution in [0.2, 0.25) is 0 Å². The highest BCUT2D eigenvalue weighted by Crippen LogP contribution is 2.22. The maximum absolute atomic E-state index is 12.5. The van der Waals surface area contributed by atoms with Crippen molar-refractivity contribution < 1.29 is 9.53 Å². The smallest absolute Gasteiger partial charge is 0.238 e. The van der Waals surface area contributed by atoms with Gasteiger partial charge in [-0.2, -0.15) is 0 Å². The number of nitrogens with one attached hydrogen (secondary N) is 1. The van der Waals surface area contributed by atoms with Crippen LogP contribution in [0, 0.1) is 0 Å². The van der Waals surface area contributed by atoms with Crippen LogP contribution in [0.5, 0.6) is 5.75 Å². The summed E-state index contributed by atoms with van der Waals surface area (Å²) >= 11 is 0. The predicted molar refractivity (Wildman–Crippen MR) is 117 cm³/mol. The molecule has 1 aliphatic heterocycles. The van der Waals surface area contributed by atoms with Gasteiger partial charge in [0.05, 0.1) is 6.54 Å². The molecular weight excluding hydrogens is 362 g/mol. The average molecular weight is 389 g/mol. The third-order valence-corrected chi connectivity index (χ3v) is 5.32. The molecule has 0 bridgehead atoms. The van der Waals surface area contributed by atoms with E-state index in [1.165, 1.54) is 0 Å². The summed E-state index contributed by atoms with van der Waals surface area (Å²) in [6, 6.07) is 24.0. The van der Waals surface area contributed by atoms with Crippen LogP contribution in [-0.4, -0.2) is 61.6 Å². The van der Waals surface area contributed by atoms with Gasteiger partial charge in [-0.15, -0.1) is 0 Å². The number of rotatable bonds is 7. The highest BCUT2D eigenvalue weighted by atomic mass is 16.5. The topological polar surface area (TPSA) is 44.8 Å². The minimum atomic E-state index is 0.0437. The van der Waals surface area contributed by atoms with E-state index >= 15 is 0 Å². The van der Waals surface area contributed by atoms with Crippen molar-refractivity contribution in [2.45, 2.75) is 0 Å². The Balaban J connectivity index is 1.21. The van der Waals surface area contributed by atoms with Crippen molar-refractivity contribution in [2.24, 2.45) is 0 Å². The van der Waals surface area contributed by atoms with Crippen molar-refractivity contribution in [3.8, 4) is 5.75 Å². The lowest BCUT2D eigenvalue weighted by Gasteiger charge is -2.34. The monoisotopic (exact) mass is 389 g/mol. The molecule has 4 rings (SSSR count). The molecule has 150 valence electrons. The van der Waals surface area contributed by atoms with Gasteiger partial charge in [-0.05, 0) is 23.6 Å². The van der Waals surface area contributed by atoms with Crippen LogP contribution in [0.1, 0.15) is 0 Å². The molecule has 0 spiro atoms. The summed E-state index contributed by atoms with van der Waals surface area (Å²) in [5.74, 6) is 0.957. The van der Waals surface area contributed by atoms with Crippen LogP contribution in [0.15, 0.2) is 72.8 Å². The highest BCUT2D eigenvalue weighted by Gasteiger charge is 2.19. The van der Waals surface area contributed by atoms with Gasteiger partial charge in [-0.3, -0.25) is 14.6 Å². The lowest BCUT2D eigenvalue weighted by Crippen LogP contribution is -2.49. The van der Waals surface area contributed by atoms with Crippen LogP contribution in [0.3, 0.4) is 0 Å². The highest BCUT2D eigenvalue weighted by molar-refractivity contribution is 6.02. The quantitative estimate of drug-likeness (QED) is 0.672. The van der Waals surface area contributed by atoms with Crippen molar-refractivity contribution in [3.05, 3.63) is 72.8 Å². The summed E-state index contributed by atoms with van der Waals surface area (Å²) in [5, 5.41) is 5.29. The summed E-state index contributed by atoms with van der Waals surface area (Å²) in [6.45, 7) is 5.73. The molecular formula is C24H27N3O2. The largest absolute Gasteiger partial charge is 0.492 e. The van der Waals surface area contributed by atoms with Crippen LogP contribution < -0.4 is 10.1 Å². The van der Waals surface area contributed by atoms with Gasteiger partial charge in [-0.1, -0.05) is 54.6 Å². The van der Waals surface area contributed by atoms with Crippen molar-refractivity contribution in [1.82, 2.24) is 9.80 Å². The second kappa shape index (κ2) is 9.54. The fraction of sp³-hybridized carbons (Fsp3) is 0.292. The van der Waals surface area contributed by atoms with Crippen molar-refractivity contribution >= 4 is 22.4 Å². The number of nitrogens with zero attached hydrogens (tertiary/aromatic N) is 2. The standard InChI is InChI=1S/C24H27N3O2/c28-24(25-23-12-6-8-20-7-4-5-11-22(20)23)19-27-15-13-26(14-16-27)17-18-29-21-9-2-1-3-10-21/h1-12H,13-19H2,(H,25,28). The number of hydrogen-bond donors (Lipinski definition) is 1. The zero-order valence-electron chi connectivity index (χ0n) is 16.6. The Labute approximate surface area is 171 Å². The average Bonchev–Trinajstić information content (AvgIpc) is 2.76. The van der Waals surface area contributed by atoms with E-state index in [2.05, 4.69) is 27.2 Å². The minimum Gasteiger partial charge on any atom is -0.492 e. The van der Waals surface area contributed by atoms with E-state index in [9.17, 15) is 4.79 Å². The van der Waals surface area contributed by atoms with Gasteiger partial charge in [0.2, 0.25) is 5.91 Å². The number of fused-ring (bicyclic) bond motifs is 1. The van der Waals surface area contributed by atoms with E-state index in [-0.39, 0.29) is 5.91 Å². The lowest BCUT2D eigenvalue weighted by molar-refractivity contribution is -0.117. The SMILES string of the molecule is O=C(CN1CCN(CCOc2ccccc2)CC1)Nc1cccc2ccccc12. The molecule has 1 aliphatic rings. The van der Waals surface area contributed by atoms with Gasteiger partial charge in [-0.25, -0.2) is 0 Å². The zero-order valence-corrected chi connectivity index (χ0v) is 16.6. The molecule has 0 saturated carbocycles.